The Morgan fingerprint density at radius 3 is 2.46 bits per heavy atom. The zero-order valence-electron chi connectivity index (χ0n) is 14.3. The molecule has 0 spiro atoms. The van der Waals surface area contributed by atoms with Crippen LogP contribution in [0.15, 0.2) is 54.6 Å². The molecule has 1 fully saturated rings. The number of ether oxygens (including phenoxy) is 1. The molecule has 26 heavy (non-hydrogen) atoms. The third-order valence-corrected chi connectivity index (χ3v) is 4.15. The predicted octanol–water partition coefficient (Wildman–Crippen LogP) is 2.59. The van der Waals surface area contributed by atoms with E-state index in [1.54, 1.807) is 12.1 Å². The van der Waals surface area contributed by atoms with E-state index in [2.05, 4.69) is 10.6 Å². The maximum Gasteiger partial charge on any atom is 0.239 e. The average Bonchev–Trinajstić information content (AvgIpc) is 3.50. The molecule has 5 nitrogen and oxygen atoms in total. The minimum Gasteiger partial charge on any atom is -0.488 e. The van der Waals surface area contributed by atoms with Gasteiger partial charge in [-0.3, -0.25) is 9.59 Å². The Balaban J connectivity index is 1.60. The number of carbonyl (C=O) groups excluding carboxylic acids is 2. The van der Waals surface area contributed by atoms with Gasteiger partial charge in [-0.1, -0.05) is 42.5 Å². The highest BCUT2D eigenvalue weighted by Gasteiger charge is 2.29. The van der Waals surface area contributed by atoms with Gasteiger partial charge in [0.15, 0.2) is 11.6 Å². The summed E-state index contributed by atoms with van der Waals surface area (Å²) in [6.07, 6.45) is 1.77. The number of hydrogen-bond acceptors (Lipinski definition) is 3. The molecule has 2 aromatic rings. The summed E-state index contributed by atoms with van der Waals surface area (Å²) in [4.78, 5) is 23.9. The van der Waals surface area contributed by atoms with Gasteiger partial charge in [-0.2, -0.15) is 0 Å². The summed E-state index contributed by atoms with van der Waals surface area (Å²) < 4.78 is 19.3. The van der Waals surface area contributed by atoms with E-state index in [9.17, 15) is 14.0 Å². The van der Waals surface area contributed by atoms with Crippen LogP contribution < -0.4 is 15.4 Å². The van der Waals surface area contributed by atoms with Crippen LogP contribution in [-0.4, -0.2) is 25.0 Å². The number of nitrogens with one attached hydrogen (secondary N) is 2. The summed E-state index contributed by atoms with van der Waals surface area (Å²) in [6, 6.07) is 15.0. The smallest absolute Gasteiger partial charge is 0.239 e. The van der Waals surface area contributed by atoms with Gasteiger partial charge in [0.2, 0.25) is 11.8 Å². The number of carbonyl (C=O) groups is 2. The van der Waals surface area contributed by atoms with Crippen molar-refractivity contribution in [3.05, 3.63) is 66.0 Å². The largest absolute Gasteiger partial charge is 0.488 e. The van der Waals surface area contributed by atoms with Crippen molar-refractivity contribution in [1.29, 1.82) is 0 Å². The van der Waals surface area contributed by atoms with Crippen LogP contribution in [0, 0.1) is 11.7 Å². The number of halogens is 1. The normalized spacial score (nSPS) is 14.3. The van der Waals surface area contributed by atoms with Crippen molar-refractivity contribution in [2.24, 2.45) is 5.92 Å². The van der Waals surface area contributed by atoms with Crippen molar-refractivity contribution >= 4 is 11.8 Å². The van der Waals surface area contributed by atoms with Crippen LogP contribution in [0.3, 0.4) is 0 Å². The maximum atomic E-state index is 13.7. The molecule has 0 heterocycles. The number of amides is 2. The Kier molecular flexibility index (Phi) is 5.84. The van der Waals surface area contributed by atoms with Gasteiger partial charge in [0.25, 0.3) is 0 Å². The van der Waals surface area contributed by atoms with E-state index < -0.39 is 11.9 Å². The molecule has 6 heteroatoms. The molecular weight excluding hydrogens is 335 g/mol. The second-order valence-electron chi connectivity index (χ2n) is 6.26. The van der Waals surface area contributed by atoms with Crippen molar-refractivity contribution < 1.29 is 18.7 Å². The Morgan fingerprint density at radius 2 is 1.77 bits per heavy atom. The van der Waals surface area contributed by atoms with Crippen molar-refractivity contribution in [3.63, 3.8) is 0 Å². The number of hydrogen-bond donors (Lipinski definition) is 2. The molecule has 1 aliphatic rings. The first-order valence-corrected chi connectivity index (χ1v) is 8.63. The molecule has 136 valence electrons. The van der Waals surface area contributed by atoms with Crippen LogP contribution in [0.4, 0.5) is 4.39 Å². The van der Waals surface area contributed by atoms with Crippen LogP contribution in [0.5, 0.6) is 5.75 Å². The van der Waals surface area contributed by atoms with E-state index >= 15 is 0 Å². The van der Waals surface area contributed by atoms with Gasteiger partial charge in [-0.05, 0) is 30.5 Å². The highest BCUT2D eigenvalue weighted by molar-refractivity contribution is 5.87. The lowest BCUT2D eigenvalue weighted by Crippen LogP contribution is -2.40. The van der Waals surface area contributed by atoms with Crippen LogP contribution in [-0.2, 0) is 9.59 Å². The lowest BCUT2D eigenvalue weighted by Gasteiger charge is -2.20. The van der Waals surface area contributed by atoms with Gasteiger partial charge in [-0.15, -0.1) is 0 Å². The molecule has 0 aromatic heterocycles. The Labute approximate surface area is 151 Å². The molecule has 0 saturated heterocycles. The molecular formula is C20H21FN2O3. The fraction of sp³-hybridized carbons (Fsp3) is 0.300. The second-order valence-corrected chi connectivity index (χ2v) is 6.26. The summed E-state index contributed by atoms with van der Waals surface area (Å²) in [7, 11) is 0. The molecule has 0 aliphatic heterocycles. The number of para-hydroxylation sites is 1. The SMILES string of the molecule is O=C(CNC(=O)C1CC1)NC(COc1ccccc1F)c1ccccc1. The van der Waals surface area contributed by atoms with Crippen LogP contribution in [0.25, 0.3) is 0 Å². The Bertz CT molecular complexity index is 763. The molecule has 2 amide bonds. The third kappa shape index (κ3) is 5.05. The van der Waals surface area contributed by atoms with E-state index in [1.165, 1.54) is 12.1 Å². The minimum atomic E-state index is -0.457. The van der Waals surface area contributed by atoms with Crippen molar-refractivity contribution in [2.45, 2.75) is 18.9 Å². The van der Waals surface area contributed by atoms with E-state index in [4.69, 9.17) is 4.74 Å². The molecule has 1 atom stereocenters. The van der Waals surface area contributed by atoms with Crippen LogP contribution in [0.2, 0.25) is 0 Å². The first-order valence-electron chi connectivity index (χ1n) is 8.63. The Hall–Kier alpha value is -2.89. The molecule has 1 unspecified atom stereocenters. The Morgan fingerprint density at radius 1 is 1.08 bits per heavy atom. The quantitative estimate of drug-likeness (QED) is 0.764. The van der Waals surface area contributed by atoms with E-state index in [1.807, 2.05) is 30.3 Å². The lowest BCUT2D eigenvalue weighted by molar-refractivity contribution is -0.127. The maximum absolute atomic E-state index is 13.7. The van der Waals surface area contributed by atoms with Crippen LogP contribution >= 0.6 is 0 Å². The van der Waals surface area contributed by atoms with Gasteiger partial charge in [0.05, 0.1) is 12.6 Å². The van der Waals surface area contributed by atoms with Gasteiger partial charge < -0.3 is 15.4 Å². The lowest BCUT2D eigenvalue weighted by atomic mass is 10.1. The second kappa shape index (κ2) is 8.47. The van der Waals surface area contributed by atoms with Gasteiger partial charge in [0, 0.05) is 5.92 Å². The summed E-state index contributed by atoms with van der Waals surface area (Å²) in [6.45, 7) is -0.00831. The summed E-state index contributed by atoms with van der Waals surface area (Å²) in [5.74, 6) is -0.673. The molecule has 0 radical (unpaired) electrons. The van der Waals surface area contributed by atoms with Gasteiger partial charge in [0.1, 0.15) is 6.61 Å². The van der Waals surface area contributed by atoms with Gasteiger partial charge >= 0.3 is 0 Å². The third-order valence-electron chi connectivity index (χ3n) is 4.15. The number of benzene rings is 2. The molecule has 1 saturated carbocycles. The summed E-state index contributed by atoms with van der Waals surface area (Å²) in [5.41, 5.74) is 0.839. The summed E-state index contributed by atoms with van der Waals surface area (Å²) >= 11 is 0. The fourth-order valence-corrected chi connectivity index (χ4v) is 2.54. The van der Waals surface area contributed by atoms with Crippen molar-refractivity contribution in [1.82, 2.24) is 10.6 Å². The zero-order chi connectivity index (χ0) is 18.4. The number of rotatable bonds is 8. The van der Waals surface area contributed by atoms with Gasteiger partial charge in [-0.25, -0.2) is 4.39 Å². The highest BCUT2D eigenvalue weighted by atomic mass is 19.1. The van der Waals surface area contributed by atoms with Crippen molar-refractivity contribution in [2.75, 3.05) is 13.2 Å². The monoisotopic (exact) mass is 356 g/mol. The first kappa shape index (κ1) is 17.9. The molecule has 3 rings (SSSR count). The molecule has 1 aliphatic carbocycles. The predicted molar refractivity (Wildman–Crippen MR) is 95.0 cm³/mol. The van der Waals surface area contributed by atoms with Crippen LogP contribution in [0.1, 0.15) is 24.4 Å². The molecule has 2 aromatic carbocycles. The molecule has 2 N–H and O–H groups in total. The average molecular weight is 356 g/mol. The highest BCUT2D eigenvalue weighted by Crippen LogP contribution is 2.28. The minimum absolute atomic E-state index is 0.0529. The fourth-order valence-electron chi connectivity index (χ4n) is 2.54. The van der Waals surface area contributed by atoms with Crippen molar-refractivity contribution in [3.8, 4) is 5.75 Å². The summed E-state index contributed by atoms with van der Waals surface area (Å²) in [5, 5.41) is 5.47. The standard InChI is InChI=1S/C20H21FN2O3/c21-16-8-4-5-9-18(16)26-13-17(14-6-2-1-3-7-14)23-19(24)12-22-20(25)15-10-11-15/h1-9,15,17H,10-13H2,(H,22,25)(H,23,24). The van der Waals surface area contributed by atoms with E-state index in [0.717, 1.165) is 18.4 Å². The molecule has 0 bridgehead atoms. The zero-order valence-corrected chi connectivity index (χ0v) is 14.3. The topological polar surface area (TPSA) is 67.4 Å². The first-order chi connectivity index (χ1) is 12.6. The van der Waals surface area contributed by atoms with E-state index in [0.29, 0.717) is 0 Å². The van der Waals surface area contributed by atoms with E-state index in [-0.39, 0.29) is 36.6 Å².